The van der Waals surface area contributed by atoms with Crippen LogP contribution in [0.25, 0.3) is 0 Å². The Balaban J connectivity index is 0.000000379. The van der Waals surface area contributed by atoms with Gasteiger partial charge < -0.3 is 29.5 Å². The minimum Gasteiger partial charge on any atom is -0.507 e. The fraction of sp³-hybridized carbons (Fsp3) is 0.625. The summed E-state index contributed by atoms with van der Waals surface area (Å²) in [7, 11) is -4.24. The summed E-state index contributed by atoms with van der Waals surface area (Å²) in [5, 5.41) is 33.5. The Labute approximate surface area is 451 Å². The first-order valence-corrected chi connectivity index (χ1v) is 38.0. The van der Waals surface area contributed by atoms with Gasteiger partial charge in [-0.25, -0.2) is 0 Å². The highest BCUT2D eigenvalue weighted by Gasteiger charge is 2.33. The SMILES string of the molecule is CC(C)(C)c1cc(OC[Si](C)(C)C)cc(C(C)(C)C)c1O.CCCCc1cc(OC[Si](CC)(CC)CC)cc(CCCC)c1O.CCCCc1cc(OC[Si](CC)(CC)c2ccccc2)cc(CCCC)c1O. The van der Waals surface area contributed by atoms with Crippen LogP contribution in [0.4, 0.5) is 0 Å². The van der Waals surface area contributed by atoms with Gasteiger partial charge in [-0.3, -0.25) is 0 Å². The summed E-state index contributed by atoms with van der Waals surface area (Å²) in [4.78, 5) is 0. The zero-order valence-corrected chi connectivity index (χ0v) is 53.1. The normalized spacial score (nSPS) is 12.1. The van der Waals surface area contributed by atoms with E-state index in [1.807, 2.05) is 12.1 Å². The fourth-order valence-corrected chi connectivity index (χ4v) is 15.7. The molecule has 0 aliphatic rings. The summed E-state index contributed by atoms with van der Waals surface area (Å²) in [5.74, 6) is 4.20. The molecule has 0 saturated heterocycles. The minimum absolute atomic E-state index is 0.109. The molecule has 0 fully saturated rings. The van der Waals surface area contributed by atoms with Crippen LogP contribution >= 0.6 is 0 Å². The highest BCUT2D eigenvalue weighted by atomic mass is 28.3. The Hall–Kier alpha value is -3.67. The number of rotatable bonds is 27. The van der Waals surface area contributed by atoms with Gasteiger partial charge in [0, 0.05) is 11.1 Å². The van der Waals surface area contributed by atoms with Gasteiger partial charge in [0.25, 0.3) is 0 Å². The Morgan fingerprint density at radius 2 is 0.740 bits per heavy atom. The van der Waals surface area contributed by atoms with E-state index in [-0.39, 0.29) is 10.8 Å². The van der Waals surface area contributed by atoms with Crippen LogP contribution in [0.15, 0.2) is 66.7 Å². The number of unbranched alkanes of at least 4 members (excludes halogenated alkanes) is 4. The van der Waals surface area contributed by atoms with Crippen LogP contribution < -0.4 is 19.4 Å². The third-order valence-corrected chi connectivity index (χ3v) is 26.3. The lowest BCUT2D eigenvalue weighted by molar-refractivity contribution is 0.368. The Morgan fingerprint density at radius 1 is 0.411 bits per heavy atom. The zero-order valence-electron chi connectivity index (χ0n) is 50.1. The quantitative estimate of drug-likeness (QED) is 0.0516. The lowest BCUT2D eigenvalue weighted by Gasteiger charge is -2.30. The molecule has 0 radical (unpaired) electrons. The third kappa shape index (κ3) is 21.1. The van der Waals surface area contributed by atoms with Crippen molar-refractivity contribution < 1.29 is 29.5 Å². The van der Waals surface area contributed by atoms with Crippen molar-refractivity contribution in [2.75, 3.05) is 18.7 Å². The van der Waals surface area contributed by atoms with E-state index in [9.17, 15) is 15.3 Å². The van der Waals surface area contributed by atoms with Crippen LogP contribution in [-0.4, -0.2) is 58.2 Å². The van der Waals surface area contributed by atoms with Gasteiger partial charge in [0.05, 0.1) is 34.8 Å². The second kappa shape index (κ2) is 31.4. The number of aryl methyl sites for hydroxylation is 4. The highest BCUT2D eigenvalue weighted by Crippen LogP contribution is 2.42. The summed E-state index contributed by atoms with van der Waals surface area (Å²) in [6.45, 7) is 40.0. The molecule has 0 atom stereocenters. The number of phenolic OH excluding ortho intramolecular Hbond substituents is 3. The number of hydrogen-bond acceptors (Lipinski definition) is 6. The molecular weight excluding hydrogens is 949 g/mol. The standard InChI is InChI=1S/C25H38O2Si.C21H38O2Si.C18H32O2Si/c1-5-9-14-21-18-23(19-22(25(21)26)15-10-6-2)27-20-28(7-3,8-4)24-16-12-11-13-17-24;1-6-11-13-18-15-20(16-19(21(18)22)14-12-7-2)23-17-24(8-3,9-4)10-5;1-17(2,3)14-10-13(20-12-21(7,8)9)11-15(16(14)19)18(4,5)6/h11-13,16-19,26H,5-10,14-15,20H2,1-4H3;15-16,22H,6-14,17H2,1-5H3;10-11,19H,12H2,1-9H3. The maximum atomic E-state index is 10.7. The van der Waals surface area contributed by atoms with Crippen molar-refractivity contribution in [1.29, 1.82) is 0 Å². The number of aromatic hydroxyl groups is 3. The van der Waals surface area contributed by atoms with Crippen molar-refractivity contribution in [3.63, 3.8) is 0 Å². The van der Waals surface area contributed by atoms with Crippen molar-refractivity contribution in [2.45, 2.75) is 242 Å². The molecule has 0 aromatic heterocycles. The largest absolute Gasteiger partial charge is 0.507 e. The van der Waals surface area contributed by atoms with Crippen molar-refractivity contribution in [1.82, 2.24) is 0 Å². The van der Waals surface area contributed by atoms with Crippen LogP contribution in [0, 0.1) is 0 Å². The van der Waals surface area contributed by atoms with Gasteiger partial charge in [-0.2, -0.15) is 0 Å². The number of benzene rings is 4. The minimum atomic E-state index is -1.69. The molecular formula is C64H108O6Si3. The van der Waals surface area contributed by atoms with Crippen molar-refractivity contribution in [3.8, 4) is 34.5 Å². The van der Waals surface area contributed by atoms with Crippen molar-refractivity contribution >= 4 is 29.4 Å². The molecule has 6 nitrogen and oxygen atoms in total. The van der Waals surface area contributed by atoms with Gasteiger partial charge in [0.15, 0.2) is 0 Å². The molecule has 4 rings (SSSR count). The average molecular weight is 1060 g/mol. The van der Waals surface area contributed by atoms with Gasteiger partial charge in [-0.15, -0.1) is 0 Å². The summed E-state index contributed by atoms with van der Waals surface area (Å²) in [6.07, 6.45) is 15.2. The van der Waals surface area contributed by atoms with Gasteiger partial charge in [0.2, 0.25) is 0 Å². The highest BCUT2D eigenvalue weighted by molar-refractivity contribution is 6.91. The van der Waals surface area contributed by atoms with Crippen molar-refractivity contribution in [3.05, 3.63) is 100 Å². The Morgan fingerprint density at radius 3 is 1.04 bits per heavy atom. The molecule has 0 saturated carbocycles. The van der Waals surface area contributed by atoms with E-state index in [0.717, 1.165) is 146 Å². The predicted octanol–water partition coefficient (Wildman–Crippen LogP) is 18.1. The third-order valence-electron chi connectivity index (χ3n) is 15.1. The Bertz CT molecular complexity index is 2070. The molecule has 0 aliphatic heterocycles. The van der Waals surface area contributed by atoms with E-state index in [4.69, 9.17) is 14.2 Å². The lowest BCUT2D eigenvalue weighted by atomic mass is 9.79. The smallest absolute Gasteiger partial charge is 0.129 e. The van der Waals surface area contributed by atoms with E-state index in [2.05, 4.69) is 178 Å². The molecule has 4 aromatic carbocycles. The van der Waals surface area contributed by atoms with E-state index in [1.54, 1.807) is 0 Å². The molecule has 0 aliphatic carbocycles. The molecule has 9 heteroatoms. The topological polar surface area (TPSA) is 88.4 Å². The van der Waals surface area contributed by atoms with Crippen LogP contribution in [0.2, 0.25) is 49.9 Å². The van der Waals surface area contributed by atoms with Crippen LogP contribution in [0.1, 0.15) is 189 Å². The van der Waals surface area contributed by atoms with Crippen molar-refractivity contribution in [2.24, 2.45) is 0 Å². The second-order valence-electron chi connectivity index (χ2n) is 24.3. The van der Waals surface area contributed by atoms with Gasteiger partial charge >= 0.3 is 0 Å². The molecule has 412 valence electrons. The van der Waals surface area contributed by atoms with Gasteiger partial charge in [-0.05, 0) is 121 Å². The first-order chi connectivity index (χ1) is 34.4. The van der Waals surface area contributed by atoms with Crippen LogP contribution in [0.3, 0.4) is 0 Å². The van der Waals surface area contributed by atoms with E-state index < -0.39 is 24.2 Å². The molecule has 0 spiro atoms. The molecule has 3 N–H and O–H groups in total. The molecule has 0 amide bonds. The average Bonchev–Trinajstić information content (AvgIpc) is 3.35. The zero-order chi connectivity index (χ0) is 55.0. The van der Waals surface area contributed by atoms with E-state index in [0.29, 0.717) is 17.2 Å². The van der Waals surface area contributed by atoms with Crippen LogP contribution in [0.5, 0.6) is 34.5 Å². The molecule has 0 heterocycles. The predicted molar refractivity (Wildman–Crippen MR) is 326 cm³/mol. The number of phenols is 3. The maximum Gasteiger partial charge on any atom is 0.129 e. The van der Waals surface area contributed by atoms with E-state index >= 15 is 0 Å². The molecule has 73 heavy (non-hydrogen) atoms. The monoisotopic (exact) mass is 1060 g/mol. The van der Waals surface area contributed by atoms with Gasteiger partial charge in [0.1, 0.15) is 42.6 Å². The number of ether oxygens (including phenoxy) is 3. The second-order valence-corrected chi connectivity index (χ2v) is 40.0. The fourth-order valence-electron chi connectivity index (χ4n) is 9.24. The lowest BCUT2D eigenvalue weighted by Crippen LogP contribution is -2.52. The maximum absolute atomic E-state index is 10.7. The first-order valence-electron chi connectivity index (χ1n) is 28.9. The first kappa shape index (κ1) is 65.4. The number of hydrogen-bond donors (Lipinski definition) is 3. The van der Waals surface area contributed by atoms with E-state index in [1.165, 1.54) is 35.4 Å². The summed E-state index contributed by atoms with van der Waals surface area (Å²) >= 11 is 0. The summed E-state index contributed by atoms with van der Waals surface area (Å²) in [6, 6.07) is 29.5. The molecule has 0 unspecified atom stereocenters. The summed E-state index contributed by atoms with van der Waals surface area (Å²) in [5.41, 5.74) is 5.93. The Kier molecular flexibility index (Phi) is 28.1. The summed E-state index contributed by atoms with van der Waals surface area (Å²) < 4.78 is 18.8. The molecule has 0 bridgehead atoms. The van der Waals surface area contributed by atoms with Gasteiger partial charge in [-0.1, -0.05) is 215 Å². The van der Waals surface area contributed by atoms with Crippen LogP contribution in [-0.2, 0) is 36.5 Å². The molecule has 4 aromatic rings.